The number of aryl methyl sites for hydroxylation is 1. The van der Waals surface area contributed by atoms with Crippen LogP contribution in [0.25, 0.3) is 11.3 Å². The maximum atomic E-state index is 12.3. The van der Waals surface area contributed by atoms with Crippen molar-refractivity contribution in [3.8, 4) is 17.1 Å². The number of hydrogen-bond donors (Lipinski definition) is 1. The van der Waals surface area contributed by atoms with E-state index in [1.165, 1.54) is 6.07 Å². The van der Waals surface area contributed by atoms with Crippen LogP contribution in [0, 0.1) is 6.92 Å². The summed E-state index contributed by atoms with van der Waals surface area (Å²) >= 11 is 0. The van der Waals surface area contributed by atoms with Crippen molar-refractivity contribution < 1.29 is 13.9 Å². The van der Waals surface area contributed by atoms with Crippen molar-refractivity contribution >= 4 is 5.91 Å². The van der Waals surface area contributed by atoms with Gasteiger partial charge in [0.2, 0.25) is 0 Å². The molecule has 0 fully saturated rings. The Labute approximate surface area is 157 Å². The fourth-order valence-electron chi connectivity index (χ4n) is 2.83. The van der Waals surface area contributed by atoms with E-state index in [0.717, 1.165) is 17.0 Å². The van der Waals surface area contributed by atoms with E-state index in [0.29, 0.717) is 25.3 Å². The highest BCUT2D eigenvalue weighted by molar-refractivity contribution is 5.92. The molecule has 2 heterocycles. The Morgan fingerprint density at radius 2 is 1.96 bits per heavy atom. The third kappa shape index (κ3) is 4.47. The first-order valence-electron chi connectivity index (χ1n) is 8.77. The molecule has 0 atom stereocenters. The third-order valence-electron chi connectivity index (χ3n) is 4.30. The number of hydrogen-bond acceptors (Lipinski definition) is 4. The smallest absolute Gasteiger partial charge is 0.287 e. The standard InChI is InChI=1S/C21H22N2O4/c1-15-6-3-9-20(24)23(15)13-5-12-22-21(25)19-11-10-18(27-19)16-7-4-8-17(14-16)26-2/h3-4,6-11,14H,5,12-13H2,1-2H3,(H,22,25). The Balaban J connectivity index is 1.56. The number of methoxy groups -OCH3 is 1. The molecule has 0 saturated carbocycles. The van der Waals surface area contributed by atoms with Gasteiger partial charge >= 0.3 is 0 Å². The Hall–Kier alpha value is -3.28. The van der Waals surface area contributed by atoms with Gasteiger partial charge in [0.05, 0.1) is 7.11 Å². The maximum absolute atomic E-state index is 12.3. The van der Waals surface area contributed by atoms with Gasteiger partial charge in [-0.25, -0.2) is 0 Å². The summed E-state index contributed by atoms with van der Waals surface area (Å²) in [4.78, 5) is 24.1. The van der Waals surface area contributed by atoms with Gasteiger partial charge in [0.1, 0.15) is 11.5 Å². The van der Waals surface area contributed by atoms with Gasteiger partial charge in [0, 0.05) is 30.4 Å². The van der Waals surface area contributed by atoms with Gasteiger partial charge in [-0.1, -0.05) is 18.2 Å². The SMILES string of the molecule is COc1cccc(-c2ccc(C(=O)NCCCn3c(C)cccc3=O)o2)c1. The topological polar surface area (TPSA) is 73.5 Å². The summed E-state index contributed by atoms with van der Waals surface area (Å²) in [5.41, 5.74) is 1.71. The first kappa shape index (κ1) is 18.5. The summed E-state index contributed by atoms with van der Waals surface area (Å²) in [6.45, 7) is 2.90. The minimum absolute atomic E-state index is 0.0321. The number of rotatable bonds is 7. The van der Waals surface area contributed by atoms with Crippen LogP contribution in [0.15, 0.2) is 63.8 Å². The molecule has 0 aliphatic heterocycles. The molecule has 1 aromatic carbocycles. The van der Waals surface area contributed by atoms with Crippen molar-refractivity contribution in [3.05, 3.63) is 76.4 Å². The molecule has 6 nitrogen and oxygen atoms in total. The largest absolute Gasteiger partial charge is 0.497 e. The number of nitrogens with zero attached hydrogens (tertiary/aromatic N) is 1. The van der Waals surface area contributed by atoms with Crippen molar-refractivity contribution in [2.45, 2.75) is 19.9 Å². The molecular formula is C21H22N2O4. The third-order valence-corrected chi connectivity index (χ3v) is 4.30. The van der Waals surface area contributed by atoms with Gasteiger partial charge in [-0.2, -0.15) is 0 Å². The number of carbonyl (C=O) groups is 1. The van der Waals surface area contributed by atoms with E-state index in [4.69, 9.17) is 9.15 Å². The molecule has 0 saturated heterocycles. The Kier molecular flexibility index (Phi) is 5.76. The average molecular weight is 366 g/mol. The van der Waals surface area contributed by atoms with E-state index >= 15 is 0 Å². The van der Waals surface area contributed by atoms with Crippen LogP contribution in [-0.2, 0) is 6.54 Å². The van der Waals surface area contributed by atoms with E-state index in [1.54, 1.807) is 29.9 Å². The molecular weight excluding hydrogens is 344 g/mol. The number of carbonyl (C=O) groups excluding carboxylic acids is 1. The molecule has 6 heteroatoms. The zero-order chi connectivity index (χ0) is 19.2. The van der Waals surface area contributed by atoms with Crippen LogP contribution in [0.4, 0.5) is 0 Å². The molecule has 0 aliphatic carbocycles. The minimum atomic E-state index is -0.277. The molecule has 0 radical (unpaired) electrons. The number of ether oxygens (including phenoxy) is 1. The number of aromatic nitrogens is 1. The van der Waals surface area contributed by atoms with E-state index in [9.17, 15) is 9.59 Å². The van der Waals surface area contributed by atoms with Crippen LogP contribution in [0.1, 0.15) is 22.7 Å². The minimum Gasteiger partial charge on any atom is -0.497 e. The van der Waals surface area contributed by atoms with E-state index in [2.05, 4.69) is 5.32 Å². The molecule has 1 amide bonds. The lowest BCUT2D eigenvalue weighted by Gasteiger charge is -2.09. The van der Waals surface area contributed by atoms with Gasteiger partial charge in [-0.05, 0) is 43.7 Å². The number of benzene rings is 1. The summed E-state index contributed by atoms with van der Waals surface area (Å²) < 4.78 is 12.6. The van der Waals surface area contributed by atoms with Crippen LogP contribution >= 0.6 is 0 Å². The highest BCUT2D eigenvalue weighted by Crippen LogP contribution is 2.25. The second-order valence-electron chi connectivity index (χ2n) is 6.16. The van der Waals surface area contributed by atoms with Gasteiger partial charge in [0.15, 0.2) is 5.76 Å². The predicted octanol–water partition coefficient (Wildman–Crippen LogP) is 3.25. The van der Waals surface area contributed by atoms with Crippen molar-refractivity contribution in [3.63, 3.8) is 0 Å². The summed E-state index contributed by atoms with van der Waals surface area (Å²) in [5, 5.41) is 2.82. The molecule has 3 aromatic rings. The molecule has 3 rings (SSSR count). The molecule has 140 valence electrons. The molecule has 2 aromatic heterocycles. The normalized spacial score (nSPS) is 10.6. The number of pyridine rings is 1. The van der Waals surface area contributed by atoms with Crippen molar-refractivity contribution in [2.24, 2.45) is 0 Å². The molecule has 0 spiro atoms. The van der Waals surface area contributed by atoms with E-state index in [1.807, 2.05) is 37.3 Å². The average Bonchev–Trinajstić information content (AvgIpc) is 3.17. The zero-order valence-electron chi connectivity index (χ0n) is 15.4. The lowest BCUT2D eigenvalue weighted by atomic mass is 10.2. The number of furan rings is 1. The lowest BCUT2D eigenvalue weighted by molar-refractivity contribution is 0.0926. The van der Waals surface area contributed by atoms with Crippen LogP contribution in [0.5, 0.6) is 5.75 Å². The van der Waals surface area contributed by atoms with Gasteiger partial charge in [-0.15, -0.1) is 0 Å². The second kappa shape index (κ2) is 8.40. The second-order valence-corrected chi connectivity index (χ2v) is 6.16. The molecule has 27 heavy (non-hydrogen) atoms. The van der Waals surface area contributed by atoms with E-state index < -0.39 is 0 Å². The van der Waals surface area contributed by atoms with Crippen molar-refractivity contribution in [1.29, 1.82) is 0 Å². The molecule has 0 bridgehead atoms. The lowest BCUT2D eigenvalue weighted by Crippen LogP contribution is -2.27. The molecule has 0 unspecified atom stereocenters. The zero-order valence-corrected chi connectivity index (χ0v) is 15.4. The Bertz CT molecular complexity index is 988. The van der Waals surface area contributed by atoms with Crippen LogP contribution in [-0.4, -0.2) is 24.1 Å². The quantitative estimate of drug-likeness (QED) is 0.652. The Morgan fingerprint density at radius 1 is 1.15 bits per heavy atom. The van der Waals surface area contributed by atoms with Crippen LogP contribution in [0.3, 0.4) is 0 Å². The fraction of sp³-hybridized carbons (Fsp3) is 0.238. The maximum Gasteiger partial charge on any atom is 0.287 e. The summed E-state index contributed by atoms with van der Waals surface area (Å²) in [5.74, 6) is 1.30. The highest BCUT2D eigenvalue weighted by Gasteiger charge is 2.12. The van der Waals surface area contributed by atoms with Gasteiger partial charge in [0.25, 0.3) is 11.5 Å². The van der Waals surface area contributed by atoms with Gasteiger partial charge in [-0.3, -0.25) is 9.59 Å². The first-order valence-corrected chi connectivity index (χ1v) is 8.77. The van der Waals surface area contributed by atoms with Crippen molar-refractivity contribution in [2.75, 3.05) is 13.7 Å². The highest BCUT2D eigenvalue weighted by atomic mass is 16.5. The molecule has 1 N–H and O–H groups in total. The number of nitrogens with one attached hydrogen (secondary N) is 1. The van der Waals surface area contributed by atoms with Crippen LogP contribution in [0.2, 0.25) is 0 Å². The van der Waals surface area contributed by atoms with Gasteiger partial charge < -0.3 is 19.0 Å². The monoisotopic (exact) mass is 366 g/mol. The van der Waals surface area contributed by atoms with Crippen molar-refractivity contribution in [1.82, 2.24) is 9.88 Å². The van der Waals surface area contributed by atoms with Crippen LogP contribution < -0.4 is 15.6 Å². The van der Waals surface area contributed by atoms with E-state index in [-0.39, 0.29) is 17.2 Å². The number of amides is 1. The Morgan fingerprint density at radius 3 is 2.74 bits per heavy atom. The summed E-state index contributed by atoms with van der Waals surface area (Å²) in [6, 6.07) is 16.0. The predicted molar refractivity (Wildman–Crippen MR) is 103 cm³/mol. The summed E-state index contributed by atoms with van der Waals surface area (Å²) in [7, 11) is 1.60. The molecule has 0 aliphatic rings. The fourth-order valence-corrected chi connectivity index (χ4v) is 2.83. The summed E-state index contributed by atoms with van der Waals surface area (Å²) in [6.07, 6.45) is 0.653. The first-order chi connectivity index (χ1) is 13.1.